The highest BCUT2D eigenvalue weighted by atomic mass is 16.5. The number of ether oxygens (including phenoxy) is 1. The highest BCUT2D eigenvalue weighted by molar-refractivity contribution is 5.80. The molecule has 4 atom stereocenters. The van der Waals surface area contributed by atoms with Crippen LogP contribution in [0.4, 0.5) is 0 Å². The first kappa shape index (κ1) is 12.8. The Labute approximate surface area is 104 Å². The smallest absolute Gasteiger partial charge is 0.227 e. The van der Waals surface area contributed by atoms with Crippen LogP contribution in [-0.2, 0) is 9.53 Å². The van der Waals surface area contributed by atoms with E-state index in [1.807, 2.05) is 4.90 Å². The van der Waals surface area contributed by atoms with E-state index in [2.05, 4.69) is 19.2 Å². The van der Waals surface area contributed by atoms with E-state index >= 15 is 0 Å². The van der Waals surface area contributed by atoms with E-state index in [9.17, 15) is 4.79 Å². The van der Waals surface area contributed by atoms with Crippen LogP contribution < -0.4 is 5.32 Å². The Kier molecular flexibility index (Phi) is 4.05. The maximum atomic E-state index is 12.4. The fourth-order valence-electron chi connectivity index (χ4n) is 2.92. The van der Waals surface area contributed by atoms with Crippen LogP contribution >= 0.6 is 0 Å². The lowest BCUT2D eigenvalue weighted by atomic mass is 9.92. The molecule has 2 fully saturated rings. The van der Waals surface area contributed by atoms with Crippen LogP contribution in [-0.4, -0.2) is 50.2 Å². The number of carbonyl (C=O) groups is 1. The summed E-state index contributed by atoms with van der Waals surface area (Å²) in [5.74, 6) is 1.50. The molecule has 1 amide bonds. The molecule has 4 heteroatoms. The van der Waals surface area contributed by atoms with Crippen molar-refractivity contribution in [1.82, 2.24) is 10.2 Å². The third kappa shape index (κ3) is 2.63. The Morgan fingerprint density at radius 1 is 1.29 bits per heavy atom. The number of nitrogens with one attached hydrogen (secondary N) is 1. The number of hydrogen-bond acceptors (Lipinski definition) is 3. The number of likely N-dealkylation sites (tertiary alicyclic amines) is 1. The molecule has 2 unspecified atom stereocenters. The van der Waals surface area contributed by atoms with E-state index in [1.165, 1.54) is 0 Å². The molecule has 0 spiro atoms. The topological polar surface area (TPSA) is 41.6 Å². The summed E-state index contributed by atoms with van der Waals surface area (Å²) in [6.07, 6.45) is 1.26. The minimum atomic E-state index is 0.168. The summed E-state index contributed by atoms with van der Waals surface area (Å²) in [6, 6.07) is 0. The number of rotatable bonds is 2. The Bertz CT molecular complexity index is 283. The van der Waals surface area contributed by atoms with Crippen molar-refractivity contribution in [3.8, 4) is 0 Å². The molecule has 4 nitrogen and oxygen atoms in total. The van der Waals surface area contributed by atoms with Gasteiger partial charge in [0.2, 0.25) is 5.91 Å². The minimum absolute atomic E-state index is 0.168. The summed E-state index contributed by atoms with van der Waals surface area (Å²) in [7, 11) is 1.74. The Morgan fingerprint density at radius 2 is 2.06 bits per heavy atom. The van der Waals surface area contributed by atoms with Crippen LogP contribution in [0.2, 0.25) is 0 Å². The van der Waals surface area contributed by atoms with E-state index in [4.69, 9.17) is 4.74 Å². The molecule has 0 aromatic carbocycles. The fraction of sp³-hybridized carbons (Fsp3) is 0.923. The highest BCUT2D eigenvalue weighted by Crippen LogP contribution is 2.24. The van der Waals surface area contributed by atoms with Gasteiger partial charge in [0.15, 0.2) is 0 Å². The summed E-state index contributed by atoms with van der Waals surface area (Å²) < 4.78 is 5.46. The summed E-state index contributed by atoms with van der Waals surface area (Å²) >= 11 is 0. The van der Waals surface area contributed by atoms with Crippen molar-refractivity contribution in [2.45, 2.75) is 26.4 Å². The van der Waals surface area contributed by atoms with Crippen molar-refractivity contribution < 1.29 is 9.53 Å². The first-order valence-electron chi connectivity index (χ1n) is 6.65. The zero-order valence-corrected chi connectivity index (χ0v) is 11.1. The van der Waals surface area contributed by atoms with E-state index in [0.29, 0.717) is 17.7 Å². The standard InChI is InChI=1S/C13H24N2O2/c1-9-4-5-15(8-12(9)17-3)13(16)11-7-14-6-10(11)2/h9-12,14H,4-8H2,1-3H3/t9?,10-,11-,12?/m1/s1. The monoisotopic (exact) mass is 240 g/mol. The molecule has 2 aliphatic heterocycles. The second-order valence-corrected chi connectivity index (χ2v) is 5.57. The molecule has 0 bridgehead atoms. The van der Waals surface area contributed by atoms with Gasteiger partial charge in [-0.2, -0.15) is 0 Å². The predicted octanol–water partition coefficient (Wildman–Crippen LogP) is 0.725. The summed E-state index contributed by atoms with van der Waals surface area (Å²) in [5.41, 5.74) is 0. The first-order chi connectivity index (χ1) is 8.13. The number of methoxy groups -OCH3 is 1. The molecule has 0 saturated carbocycles. The van der Waals surface area contributed by atoms with Crippen molar-refractivity contribution in [3.05, 3.63) is 0 Å². The Balaban J connectivity index is 1.95. The Morgan fingerprint density at radius 3 is 2.65 bits per heavy atom. The van der Waals surface area contributed by atoms with Crippen molar-refractivity contribution in [2.75, 3.05) is 33.3 Å². The van der Waals surface area contributed by atoms with Gasteiger partial charge in [0.1, 0.15) is 0 Å². The lowest BCUT2D eigenvalue weighted by Gasteiger charge is -2.37. The molecular weight excluding hydrogens is 216 g/mol. The largest absolute Gasteiger partial charge is 0.379 e. The average Bonchev–Trinajstić information content (AvgIpc) is 2.75. The molecular formula is C13H24N2O2. The minimum Gasteiger partial charge on any atom is -0.379 e. The van der Waals surface area contributed by atoms with Crippen molar-refractivity contribution in [3.63, 3.8) is 0 Å². The molecule has 0 aliphatic carbocycles. The van der Waals surface area contributed by atoms with Crippen LogP contribution in [0.5, 0.6) is 0 Å². The molecule has 2 saturated heterocycles. The number of carbonyl (C=O) groups excluding carboxylic acids is 1. The van der Waals surface area contributed by atoms with Gasteiger partial charge in [0, 0.05) is 26.7 Å². The number of hydrogen-bond donors (Lipinski definition) is 1. The normalized spacial score (nSPS) is 38.4. The molecule has 0 aromatic rings. The van der Waals surface area contributed by atoms with E-state index in [-0.39, 0.29) is 12.0 Å². The number of piperidine rings is 1. The maximum absolute atomic E-state index is 12.4. The van der Waals surface area contributed by atoms with Crippen LogP contribution in [0.1, 0.15) is 20.3 Å². The number of amides is 1. The van der Waals surface area contributed by atoms with E-state index in [1.54, 1.807) is 7.11 Å². The van der Waals surface area contributed by atoms with Crippen molar-refractivity contribution in [2.24, 2.45) is 17.8 Å². The zero-order chi connectivity index (χ0) is 12.4. The molecule has 2 heterocycles. The van der Waals surface area contributed by atoms with Gasteiger partial charge in [-0.05, 0) is 24.8 Å². The molecule has 0 aromatic heterocycles. The third-order valence-electron chi connectivity index (χ3n) is 4.34. The SMILES string of the molecule is COC1CN(C(=O)[C@@H]2CNC[C@H]2C)CCC1C. The third-order valence-corrected chi connectivity index (χ3v) is 4.34. The molecule has 1 N–H and O–H groups in total. The molecule has 2 aliphatic rings. The summed E-state index contributed by atoms with van der Waals surface area (Å²) in [6.45, 7) is 7.82. The lowest BCUT2D eigenvalue weighted by Crippen LogP contribution is -2.49. The average molecular weight is 240 g/mol. The van der Waals surface area contributed by atoms with Gasteiger partial charge >= 0.3 is 0 Å². The maximum Gasteiger partial charge on any atom is 0.227 e. The second kappa shape index (κ2) is 5.36. The second-order valence-electron chi connectivity index (χ2n) is 5.57. The lowest BCUT2D eigenvalue weighted by molar-refractivity contribution is -0.141. The fourth-order valence-corrected chi connectivity index (χ4v) is 2.92. The van der Waals surface area contributed by atoms with Gasteiger partial charge in [0.25, 0.3) is 0 Å². The van der Waals surface area contributed by atoms with Crippen LogP contribution in [0, 0.1) is 17.8 Å². The van der Waals surface area contributed by atoms with Crippen LogP contribution in [0.25, 0.3) is 0 Å². The zero-order valence-electron chi connectivity index (χ0n) is 11.1. The van der Waals surface area contributed by atoms with E-state index < -0.39 is 0 Å². The van der Waals surface area contributed by atoms with Crippen molar-refractivity contribution in [1.29, 1.82) is 0 Å². The van der Waals surface area contributed by atoms with Gasteiger partial charge in [-0.15, -0.1) is 0 Å². The van der Waals surface area contributed by atoms with Crippen LogP contribution in [0.15, 0.2) is 0 Å². The quantitative estimate of drug-likeness (QED) is 0.773. The summed E-state index contributed by atoms with van der Waals surface area (Å²) in [5, 5.41) is 3.30. The van der Waals surface area contributed by atoms with Crippen LogP contribution in [0.3, 0.4) is 0 Å². The molecule has 2 rings (SSSR count). The predicted molar refractivity (Wildman–Crippen MR) is 66.7 cm³/mol. The van der Waals surface area contributed by atoms with Gasteiger partial charge in [0.05, 0.1) is 12.0 Å². The molecule has 0 radical (unpaired) electrons. The Hall–Kier alpha value is -0.610. The van der Waals surface area contributed by atoms with Gasteiger partial charge < -0.3 is 15.0 Å². The molecule has 98 valence electrons. The van der Waals surface area contributed by atoms with Gasteiger partial charge in [-0.1, -0.05) is 13.8 Å². The van der Waals surface area contributed by atoms with Gasteiger partial charge in [-0.25, -0.2) is 0 Å². The van der Waals surface area contributed by atoms with Crippen molar-refractivity contribution >= 4 is 5.91 Å². The first-order valence-corrected chi connectivity index (χ1v) is 6.65. The number of nitrogens with zero attached hydrogens (tertiary/aromatic N) is 1. The highest BCUT2D eigenvalue weighted by Gasteiger charge is 2.36. The van der Waals surface area contributed by atoms with E-state index in [0.717, 1.165) is 32.6 Å². The van der Waals surface area contributed by atoms with Gasteiger partial charge in [-0.3, -0.25) is 4.79 Å². The molecule has 17 heavy (non-hydrogen) atoms. The summed E-state index contributed by atoms with van der Waals surface area (Å²) in [4.78, 5) is 14.4.